The summed E-state index contributed by atoms with van der Waals surface area (Å²) in [5.74, 6) is 0. The molecular formula is C14H19N5O3S. The Kier molecular flexibility index (Phi) is 4.71. The molecule has 1 aromatic carbocycles. The van der Waals surface area contributed by atoms with Crippen molar-refractivity contribution in [3.63, 3.8) is 0 Å². The first-order valence-corrected chi connectivity index (χ1v) is 8.90. The summed E-state index contributed by atoms with van der Waals surface area (Å²) in [5, 5.41) is 13.3. The zero-order valence-corrected chi connectivity index (χ0v) is 13.4. The fourth-order valence-corrected chi connectivity index (χ4v) is 2.94. The first kappa shape index (κ1) is 16.1. The molecule has 0 radical (unpaired) electrons. The summed E-state index contributed by atoms with van der Waals surface area (Å²) in [4.78, 5) is 2.41. The standard InChI is InChI=1S/C14H19N5O3S/c15-23(20,21)13-3-1-12(2-4-13)14-11-19(17-16-14)6-5-18-7-9-22-10-8-18/h1-4,11H,5-10H2,(H2,15,20,21). The maximum absolute atomic E-state index is 11.3. The van der Waals surface area contributed by atoms with Gasteiger partial charge in [0, 0.05) is 25.2 Å². The van der Waals surface area contributed by atoms with Crippen molar-refractivity contribution in [3.8, 4) is 11.3 Å². The predicted molar refractivity (Wildman–Crippen MR) is 84.1 cm³/mol. The number of sulfonamides is 1. The highest BCUT2D eigenvalue weighted by Gasteiger charge is 2.12. The number of hydrogen-bond acceptors (Lipinski definition) is 6. The summed E-state index contributed by atoms with van der Waals surface area (Å²) in [6, 6.07) is 6.29. The Hall–Kier alpha value is -1.81. The van der Waals surface area contributed by atoms with E-state index in [0.717, 1.165) is 45.0 Å². The van der Waals surface area contributed by atoms with Crippen molar-refractivity contribution in [2.75, 3.05) is 32.8 Å². The molecule has 9 heteroatoms. The summed E-state index contributed by atoms with van der Waals surface area (Å²) in [6.45, 7) is 5.09. The first-order chi connectivity index (χ1) is 11.0. The van der Waals surface area contributed by atoms with Crippen LogP contribution in [0.15, 0.2) is 35.4 Å². The Morgan fingerprint density at radius 3 is 2.48 bits per heavy atom. The largest absolute Gasteiger partial charge is 0.379 e. The van der Waals surface area contributed by atoms with Crippen LogP contribution in [0.3, 0.4) is 0 Å². The van der Waals surface area contributed by atoms with Crippen LogP contribution in [0.2, 0.25) is 0 Å². The van der Waals surface area contributed by atoms with Gasteiger partial charge in [0.1, 0.15) is 5.69 Å². The summed E-state index contributed by atoms with van der Waals surface area (Å²) in [6.07, 6.45) is 1.85. The normalized spacial score (nSPS) is 16.6. The Morgan fingerprint density at radius 1 is 1.13 bits per heavy atom. The zero-order valence-electron chi connectivity index (χ0n) is 12.6. The summed E-state index contributed by atoms with van der Waals surface area (Å²) in [5.41, 5.74) is 1.50. The van der Waals surface area contributed by atoms with Crippen molar-refractivity contribution >= 4 is 10.0 Å². The summed E-state index contributed by atoms with van der Waals surface area (Å²) in [7, 11) is -3.67. The number of nitrogens with zero attached hydrogens (tertiary/aromatic N) is 4. The molecular weight excluding hydrogens is 318 g/mol. The van der Waals surface area contributed by atoms with E-state index in [4.69, 9.17) is 9.88 Å². The molecule has 1 aliphatic heterocycles. The van der Waals surface area contributed by atoms with Crippen LogP contribution in [0.5, 0.6) is 0 Å². The quantitative estimate of drug-likeness (QED) is 0.819. The fraction of sp³-hybridized carbons (Fsp3) is 0.429. The van der Waals surface area contributed by atoms with Crippen LogP contribution < -0.4 is 5.14 Å². The number of primary sulfonamides is 1. The van der Waals surface area contributed by atoms with Gasteiger partial charge >= 0.3 is 0 Å². The van der Waals surface area contributed by atoms with Gasteiger partial charge in [-0.3, -0.25) is 9.58 Å². The third kappa shape index (κ3) is 4.14. The molecule has 1 aromatic heterocycles. The zero-order chi connectivity index (χ0) is 16.3. The predicted octanol–water partition coefficient (Wildman–Crippen LogP) is -0.0753. The Labute approximate surface area is 134 Å². The maximum Gasteiger partial charge on any atom is 0.238 e. The van der Waals surface area contributed by atoms with E-state index in [1.165, 1.54) is 12.1 Å². The third-order valence-electron chi connectivity index (χ3n) is 3.77. The number of aromatic nitrogens is 3. The van der Waals surface area contributed by atoms with Gasteiger partial charge in [0.05, 0.1) is 30.9 Å². The van der Waals surface area contributed by atoms with Gasteiger partial charge in [0.25, 0.3) is 0 Å². The van der Waals surface area contributed by atoms with Crippen LogP contribution in [0.1, 0.15) is 0 Å². The minimum absolute atomic E-state index is 0.0842. The number of hydrogen-bond donors (Lipinski definition) is 1. The van der Waals surface area contributed by atoms with Crippen molar-refractivity contribution in [2.24, 2.45) is 5.14 Å². The molecule has 3 rings (SSSR count). The number of benzene rings is 1. The average molecular weight is 337 g/mol. The first-order valence-electron chi connectivity index (χ1n) is 7.36. The van der Waals surface area contributed by atoms with E-state index in [2.05, 4.69) is 15.2 Å². The smallest absolute Gasteiger partial charge is 0.238 e. The van der Waals surface area contributed by atoms with Crippen molar-refractivity contribution in [2.45, 2.75) is 11.4 Å². The van der Waals surface area contributed by atoms with E-state index >= 15 is 0 Å². The topological polar surface area (TPSA) is 103 Å². The van der Waals surface area contributed by atoms with Crippen LogP contribution in [-0.2, 0) is 21.3 Å². The van der Waals surface area contributed by atoms with E-state index in [1.807, 2.05) is 6.20 Å². The average Bonchev–Trinajstić information content (AvgIpc) is 3.02. The van der Waals surface area contributed by atoms with Crippen molar-refractivity contribution in [3.05, 3.63) is 30.5 Å². The Bertz CT molecular complexity index is 751. The highest BCUT2D eigenvalue weighted by molar-refractivity contribution is 7.89. The monoisotopic (exact) mass is 337 g/mol. The molecule has 1 aliphatic rings. The van der Waals surface area contributed by atoms with Crippen molar-refractivity contribution < 1.29 is 13.2 Å². The van der Waals surface area contributed by atoms with E-state index in [9.17, 15) is 8.42 Å². The molecule has 0 aliphatic carbocycles. The van der Waals surface area contributed by atoms with Gasteiger partial charge < -0.3 is 4.74 Å². The molecule has 2 aromatic rings. The fourth-order valence-electron chi connectivity index (χ4n) is 2.42. The molecule has 124 valence electrons. The molecule has 0 spiro atoms. The number of ether oxygens (including phenoxy) is 1. The van der Waals surface area contributed by atoms with Gasteiger partial charge in [-0.25, -0.2) is 13.6 Å². The number of rotatable bonds is 5. The summed E-state index contributed by atoms with van der Waals surface area (Å²) < 4.78 is 29.6. The molecule has 2 heterocycles. The Balaban J connectivity index is 1.64. The number of nitrogens with two attached hydrogens (primary N) is 1. The molecule has 0 amide bonds. The summed E-state index contributed by atoms with van der Waals surface area (Å²) >= 11 is 0. The molecule has 0 saturated carbocycles. The highest BCUT2D eigenvalue weighted by atomic mass is 32.2. The lowest BCUT2D eigenvalue weighted by molar-refractivity contribution is 0.0359. The van der Waals surface area contributed by atoms with Crippen LogP contribution in [0.25, 0.3) is 11.3 Å². The second-order valence-corrected chi connectivity index (χ2v) is 6.95. The Morgan fingerprint density at radius 2 is 1.83 bits per heavy atom. The molecule has 1 saturated heterocycles. The molecule has 8 nitrogen and oxygen atoms in total. The molecule has 2 N–H and O–H groups in total. The minimum Gasteiger partial charge on any atom is -0.379 e. The highest BCUT2D eigenvalue weighted by Crippen LogP contribution is 2.18. The number of morpholine rings is 1. The van der Waals surface area contributed by atoms with E-state index < -0.39 is 10.0 Å². The van der Waals surface area contributed by atoms with E-state index in [1.54, 1.807) is 16.8 Å². The molecule has 1 fully saturated rings. The molecule has 0 atom stereocenters. The van der Waals surface area contributed by atoms with Crippen LogP contribution >= 0.6 is 0 Å². The van der Waals surface area contributed by atoms with Gasteiger partial charge in [0.2, 0.25) is 10.0 Å². The van der Waals surface area contributed by atoms with E-state index in [0.29, 0.717) is 5.69 Å². The van der Waals surface area contributed by atoms with Gasteiger partial charge in [0.15, 0.2) is 0 Å². The lowest BCUT2D eigenvalue weighted by Gasteiger charge is -2.26. The van der Waals surface area contributed by atoms with Gasteiger partial charge in [-0.2, -0.15) is 0 Å². The van der Waals surface area contributed by atoms with Crippen molar-refractivity contribution in [1.82, 2.24) is 19.9 Å². The lowest BCUT2D eigenvalue weighted by atomic mass is 10.2. The minimum atomic E-state index is -3.67. The van der Waals surface area contributed by atoms with Crippen LogP contribution in [0.4, 0.5) is 0 Å². The molecule has 23 heavy (non-hydrogen) atoms. The lowest BCUT2D eigenvalue weighted by Crippen LogP contribution is -2.38. The second-order valence-electron chi connectivity index (χ2n) is 5.39. The second kappa shape index (κ2) is 6.75. The third-order valence-corrected chi connectivity index (χ3v) is 4.70. The molecule has 0 bridgehead atoms. The van der Waals surface area contributed by atoms with Gasteiger partial charge in [-0.05, 0) is 12.1 Å². The maximum atomic E-state index is 11.3. The van der Waals surface area contributed by atoms with Crippen molar-refractivity contribution in [1.29, 1.82) is 0 Å². The van der Waals surface area contributed by atoms with Gasteiger partial charge in [-0.1, -0.05) is 17.3 Å². The van der Waals surface area contributed by atoms with E-state index in [-0.39, 0.29) is 4.90 Å². The molecule has 0 unspecified atom stereocenters. The van der Waals surface area contributed by atoms with Crippen LogP contribution in [0, 0.1) is 0 Å². The van der Waals surface area contributed by atoms with Crippen LogP contribution in [-0.4, -0.2) is 61.2 Å². The SMILES string of the molecule is NS(=O)(=O)c1ccc(-c2cn(CCN3CCOCC3)nn2)cc1. The van der Waals surface area contributed by atoms with Gasteiger partial charge in [-0.15, -0.1) is 5.10 Å².